The van der Waals surface area contributed by atoms with E-state index in [1.54, 1.807) is 17.1 Å². The Morgan fingerprint density at radius 2 is 2.10 bits per heavy atom. The summed E-state index contributed by atoms with van der Waals surface area (Å²) in [6, 6.07) is 0. The standard InChI is InChI=1S/C13H18N6O/c1-4-9-11(8-19(3)18-9)17-13(20)10-6-16-12(7-15-10)14-5-2/h6-8H,4-5H2,1-3H3,(H,14,16)(H,17,20). The summed E-state index contributed by atoms with van der Waals surface area (Å²) in [5.41, 5.74) is 1.83. The lowest BCUT2D eigenvalue weighted by molar-refractivity contribution is 0.102. The number of nitrogens with zero attached hydrogens (tertiary/aromatic N) is 4. The summed E-state index contributed by atoms with van der Waals surface area (Å²) in [6.07, 6.45) is 5.52. The second-order valence-corrected chi connectivity index (χ2v) is 4.29. The number of aromatic nitrogens is 4. The van der Waals surface area contributed by atoms with Crippen LogP contribution in [0, 0.1) is 0 Å². The molecule has 0 aliphatic rings. The fraction of sp³-hybridized carbons (Fsp3) is 0.385. The average Bonchev–Trinajstić information content (AvgIpc) is 2.80. The van der Waals surface area contributed by atoms with Gasteiger partial charge in [0.25, 0.3) is 5.91 Å². The summed E-state index contributed by atoms with van der Waals surface area (Å²) < 4.78 is 1.67. The van der Waals surface area contributed by atoms with Gasteiger partial charge in [0, 0.05) is 19.8 Å². The molecular weight excluding hydrogens is 256 g/mol. The molecule has 0 aromatic carbocycles. The molecule has 20 heavy (non-hydrogen) atoms. The zero-order valence-electron chi connectivity index (χ0n) is 11.8. The van der Waals surface area contributed by atoms with Crippen LogP contribution in [0.5, 0.6) is 0 Å². The van der Waals surface area contributed by atoms with Gasteiger partial charge in [-0.25, -0.2) is 9.97 Å². The summed E-state index contributed by atoms with van der Waals surface area (Å²) >= 11 is 0. The Morgan fingerprint density at radius 1 is 1.30 bits per heavy atom. The van der Waals surface area contributed by atoms with Gasteiger partial charge in [-0.15, -0.1) is 0 Å². The predicted molar refractivity (Wildman–Crippen MR) is 76.7 cm³/mol. The fourth-order valence-electron chi connectivity index (χ4n) is 1.80. The second-order valence-electron chi connectivity index (χ2n) is 4.29. The Labute approximate surface area is 117 Å². The van der Waals surface area contributed by atoms with Crippen LogP contribution in [0.3, 0.4) is 0 Å². The highest BCUT2D eigenvalue weighted by atomic mass is 16.1. The van der Waals surface area contributed by atoms with Crippen LogP contribution in [0.1, 0.15) is 30.0 Å². The van der Waals surface area contributed by atoms with Crippen LogP contribution in [0.15, 0.2) is 18.6 Å². The fourth-order valence-corrected chi connectivity index (χ4v) is 1.80. The quantitative estimate of drug-likeness (QED) is 0.862. The van der Waals surface area contributed by atoms with Crippen LogP contribution in [0.2, 0.25) is 0 Å². The maximum absolute atomic E-state index is 12.1. The average molecular weight is 274 g/mol. The summed E-state index contributed by atoms with van der Waals surface area (Å²) in [7, 11) is 1.82. The lowest BCUT2D eigenvalue weighted by Gasteiger charge is -2.05. The van der Waals surface area contributed by atoms with Crippen molar-refractivity contribution in [3.05, 3.63) is 30.0 Å². The molecule has 0 fully saturated rings. The van der Waals surface area contributed by atoms with Gasteiger partial charge >= 0.3 is 0 Å². The van der Waals surface area contributed by atoms with Crippen molar-refractivity contribution in [2.75, 3.05) is 17.2 Å². The van der Waals surface area contributed by atoms with E-state index < -0.39 is 0 Å². The first kappa shape index (κ1) is 14.0. The summed E-state index contributed by atoms with van der Waals surface area (Å²) in [5, 5.41) is 10.1. The van der Waals surface area contributed by atoms with Crippen LogP contribution in [0.25, 0.3) is 0 Å². The van der Waals surface area contributed by atoms with E-state index in [9.17, 15) is 4.79 Å². The number of amides is 1. The SMILES string of the molecule is CCNc1cnc(C(=O)Nc2cn(C)nc2CC)cn1. The number of aryl methyl sites for hydroxylation is 2. The molecule has 0 spiro atoms. The minimum atomic E-state index is -0.289. The highest BCUT2D eigenvalue weighted by molar-refractivity contribution is 6.02. The van der Waals surface area contributed by atoms with Gasteiger partial charge in [-0.1, -0.05) is 6.92 Å². The normalized spacial score (nSPS) is 10.3. The monoisotopic (exact) mass is 274 g/mol. The first-order valence-electron chi connectivity index (χ1n) is 6.53. The molecule has 7 nitrogen and oxygen atoms in total. The first-order valence-corrected chi connectivity index (χ1v) is 6.53. The number of hydrogen-bond acceptors (Lipinski definition) is 5. The zero-order chi connectivity index (χ0) is 14.5. The number of nitrogens with one attached hydrogen (secondary N) is 2. The van der Waals surface area contributed by atoms with Crippen LogP contribution < -0.4 is 10.6 Å². The van der Waals surface area contributed by atoms with E-state index >= 15 is 0 Å². The van der Waals surface area contributed by atoms with E-state index in [2.05, 4.69) is 25.7 Å². The Morgan fingerprint density at radius 3 is 2.70 bits per heavy atom. The highest BCUT2D eigenvalue weighted by Crippen LogP contribution is 2.14. The third-order valence-corrected chi connectivity index (χ3v) is 2.73. The van der Waals surface area contributed by atoms with Crippen LogP contribution in [-0.4, -0.2) is 32.2 Å². The van der Waals surface area contributed by atoms with E-state index in [0.29, 0.717) is 11.5 Å². The van der Waals surface area contributed by atoms with Crippen molar-refractivity contribution in [2.24, 2.45) is 7.05 Å². The van der Waals surface area contributed by atoms with E-state index in [-0.39, 0.29) is 11.6 Å². The van der Waals surface area contributed by atoms with Crippen molar-refractivity contribution < 1.29 is 4.79 Å². The van der Waals surface area contributed by atoms with Crippen LogP contribution >= 0.6 is 0 Å². The lowest BCUT2D eigenvalue weighted by Crippen LogP contribution is -2.15. The molecule has 0 saturated heterocycles. The smallest absolute Gasteiger partial charge is 0.275 e. The van der Waals surface area contributed by atoms with Gasteiger partial charge in [0.1, 0.15) is 11.5 Å². The van der Waals surface area contributed by atoms with Crippen molar-refractivity contribution in [2.45, 2.75) is 20.3 Å². The largest absolute Gasteiger partial charge is 0.369 e. The molecule has 0 bridgehead atoms. The van der Waals surface area contributed by atoms with E-state index in [4.69, 9.17) is 0 Å². The molecule has 0 radical (unpaired) electrons. The van der Waals surface area contributed by atoms with Crippen LogP contribution in [-0.2, 0) is 13.5 Å². The van der Waals surface area contributed by atoms with Crippen LogP contribution in [0.4, 0.5) is 11.5 Å². The van der Waals surface area contributed by atoms with E-state index in [0.717, 1.165) is 18.7 Å². The molecule has 0 atom stereocenters. The van der Waals surface area contributed by atoms with Crippen molar-refractivity contribution in [1.29, 1.82) is 0 Å². The first-order chi connectivity index (χ1) is 9.63. The van der Waals surface area contributed by atoms with Gasteiger partial charge in [0.15, 0.2) is 0 Å². The molecule has 2 aromatic rings. The number of rotatable bonds is 5. The third kappa shape index (κ3) is 3.11. The maximum atomic E-state index is 12.1. The molecular formula is C13H18N6O. The molecule has 7 heteroatoms. The number of carbonyl (C=O) groups excluding carboxylic acids is 1. The highest BCUT2D eigenvalue weighted by Gasteiger charge is 2.12. The van der Waals surface area contributed by atoms with Crippen molar-refractivity contribution >= 4 is 17.4 Å². The minimum absolute atomic E-state index is 0.276. The summed E-state index contributed by atoms with van der Waals surface area (Å²) in [4.78, 5) is 20.3. The van der Waals surface area contributed by atoms with Gasteiger partial charge in [-0.05, 0) is 13.3 Å². The maximum Gasteiger partial charge on any atom is 0.275 e. The summed E-state index contributed by atoms with van der Waals surface area (Å²) in [6.45, 7) is 4.72. The van der Waals surface area contributed by atoms with Gasteiger partial charge < -0.3 is 10.6 Å². The summed E-state index contributed by atoms with van der Waals surface area (Å²) in [5.74, 6) is 0.364. The molecule has 0 aliphatic carbocycles. The molecule has 1 amide bonds. The Hall–Kier alpha value is -2.44. The minimum Gasteiger partial charge on any atom is -0.369 e. The molecule has 2 heterocycles. The Kier molecular flexibility index (Phi) is 4.29. The Bertz CT molecular complexity index is 589. The third-order valence-electron chi connectivity index (χ3n) is 2.73. The molecule has 106 valence electrons. The van der Waals surface area contributed by atoms with Gasteiger partial charge in [-0.3, -0.25) is 9.48 Å². The lowest BCUT2D eigenvalue weighted by atomic mass is 10.3. The number of hydrogen-bond donors (Lipinski definition) is 2. The van der Waals surface area contributed by atoms with Gasteiger partial charge in [-0.2, -0.15) is 5.10 Å². The molecule has 0 aliphatic heterocycles. The molecule has 0 saturated carbocycles. The van der Waals surface area contributed by atoms with E-state index in [1.165, 1.54) is 6.20 Å². The molecule has 2 rings (SSSR count). The van der Waals surface area contributed by atoms with Crippen molar-refractivity contribution in [1.82, 2.24) is 19.7 Å². The Balaban J connectivity index is 2.11. The molecule has 0 unspecified atom stereocenters. The van der Waals surface area contributed by atoms with Gasteiger partial charge in [0.05, 0.1) is 23.8 Å². The molecule has 2 N–H and O–H groups in total. The van der Waals surface area contributed by atoms with Gasteiger partial charge in [0.2, 0.25) is 0 Å². The van der Waals surface area contributed by atoms with Crippen molar-refractivity contribution in [3.8, 4) is 0 Å². The van der Waals surface area contributed by atoms with E-state index in [1.807, 2.05) is 20.9 Å². The van der Waals surface area contributed by atoms with Crippen molar-refractivity contribution in [3.63, 3.8) is 0 Å². The molecule has 2 aromatic heterocycles. The topological polar surface area (TPSA) is 84.7 Å². The number of carbonyl (C=O) groups is 1. The second kappa shape index (κ2) is 6.14. The zero-order valence-corrected chi connectivity index (χ0v) is 11.8. The number of anilines is 2. The predicted octanol–water partition coefficient (Wildman–Crippen LogP) is 1.46.